The van der Waals surface area contributed by atoms with Crippen molar-refractivity contribution < 1.29 is 14.6 Å². The molecular formula is C21H30N4O5. The Labute approximate surface area is 174 Å². The molecule has 9 heteroatoms. The van der Waals surface area contributed by atoms with Gasteiger partial charge in [0.25, 0.3) is 5.56 Å². The first-order valence-electron chi connectivity index (χ1n) is 10.6. The molecule has 0 bridgehead atoms. The maximum absolute atomic E-state index is 13.2. The molecule has 4 rings (SSSR count). The van der Waals surface area contributed by atoms with Crippen molar-refractivity contribution in [1.29, 1.82) is 0 Å². The van der Waals surface area contributed by atoms with Crippen LogP contribution in [0.25, 0.3) is 11.0 Å². The van der Waals surface area contributed by atoms with Crippen LogP contribution >= 0.6 is 0 Å². The highest BCUT2D eigenvalue weighted by Gasteiger charge is 2.28. The zero-order chi connectivity index (χ0) is 21.3. The van der Waals surface area contributed by atoms with E-state index in [1.54, 1.807) is 4.57 Å². The van der Waals surface area contributed by atoms with Gasteiger partial charge < -0.3 is 14.6 Å². The smallest absolute Gasteiger partial charge is 0.332 e. The molecule has 2 aromatic heterocycles. The highest BCUT2D eigenvalue weighted by Crippen LogP contribution is 2.27. The van der Waals surface area contributed by atoms with E-state index in [1.165, 1.54) is 4.57 Å². The topological polar surface area (TPSA) is 98.8 Å². The summed E-state index contributed by atoms with van der Waals surface area (Å²) >= 11 is 0. The normalized spacial score (nSPS) is 19.2. The van der Waals surface area contributed by atoms with Crippen LogP contribution in [0.1, 0.15) is 31.5 Å². The Hall–Kier alpha value is -2.07. The lowest BCUT2D eigenvalue weighted by molar-refractivity contribution is -0.0411. The van der Waals surface area contributed by atoms with E-state index >= 15 is 0 Å². The lowest BCUT2D eigenvalue weighted by Crippen LogP contribution is -2.44. The SMILES string of the molecule is CC1(C)Cc2nc3c(cc2CO1)c(=O)n(CCCO)c(=O)n3CCN1CCOCC1. The minimum atomic E-state index is -0.368. The van der Waals surface area contributed by atoms with Crippen molar-refractivity contribution >= 4 is 11.0 Å². The van der Waals surface area contributed by atoms with Crippen molar-refractivity contribution in [2.45, 2.75) is 52.0 Å². The van der Waals surface area contributed by atoms with Gasteiger partial charge in [0, 0.05) is 51.3 Å². The van der Waals surface area contributed by atoms with Crippen LogP contribution in [0.5, 0.6) is 0 Å². The van der Waals surface area contributed by atoms with E-state index in [9.17, 15) is 14.7 Å². The molecule has 9 nitrogen and oxygen atoms in total. The van der Waals surface area contributed by atoms with Crippen molar-refractivity contribution in [1.82, 2.24) is 19.0 Å². The van der Waals surface area contributed by atoms with Gasteiger partial charge in [0.1, 0.15) is 5.65 Å². The molecule has 164 valence electrons. The zero-order valence-corrected chi connectivity index (χ0v) is 17.7. The fourth-order valence-corrected chi connectivity index (χ4v) is 4.11. The summed E-state index contributed by atoms with van der Waals surface area (Å²) in [6, 6.07) is 1.83. The molecular weight excluding hydrogens is 388 g/mol. The van der Waals surface area contributed by atoms with Crippen LogP contribution in [-0.2, 0) is 35.6 Å². The number of morpholine rings is 1. The zero-order valence-electron chi connectivity index (χ0n) is 17.7. The number of aliphatic hydroxyl groups excluding tert-OH is 1. The van der Waals surface area contributed by atoms with Crippen LogP contribution in [0, 0.1) is 0 Å². The third kappa shape index (κ3) is 4.20. The van der Waals surface area contributed by atoms with Crippen LogP contribution in [-0.4, -0.2) is 69.2 Å². The Balaban J connectivity index is 1.81. The van der Waals surface area contributed by atoms with Gasteiger partial charge in [-0.05, 0) is 26.3 Å². The van der Waals surface area contributed by atoms with Crippen LogP contribution in [0.4, 0.5) is 0 Å². The number of hydrogen-bond acceptors (Lipinski definition) is 7. The lowest BCUT2D eigenvalue weighted by Gasteiger charge is -2.31. The highest BCUT2D eigenvalue weighted by atomic mass is 16.5. The summed E-state index contributed by atoms with van der Waals surface area (Å²) in [5.74, 6) is 0. The first kappa shape index (κ1) is 21.2. The molecule has 0 spiro atoms. The summed E-state index contributed by atoms with van der Waals surface area (Å²) in [4.78, 5) is 33.3. The van der Waals surface area contributed by atoms with E-state index in [0.717, 1.165) is 24.3 Å². The molecule has 1 saturated heterocycles. The van der Waals surface area contributed by atoms with Crippen LogP contribution in [0.2, 0.25) is 0 Å². The van der Waals surface area contributed by atoms with E-state index in [2.05, 4.69) is 4.90 Å². The molecule has 4 heterocycles. The van der Waals surface area contributed by atoms with E-state index in [1.807, 2.05) is 19.9 Å². The molecule has 2 aliphatic heterocycles. The number of nitrogens with zero attached hydrogens (tertiary/aromatic N) is 4. The van der Waals surface area contributed by atoms with Gasteiger partial charge in [0.15, 0.2) is 0 Å². The monoisotopic (exact) mass is 418 g/mol. The first-order valence-corrected chi connectivity index (χ1v) is 10.6. The van der Waals surface area contributed by atoms with E-state index in [4.69, 9.17) is 14.5 Å². The summed E-state index contributed by atoms with van der Waals surface area (Å²) in [6.07, 6.45) is 0.976. The first-order chi connectivity index (χ1) is 14.4. The molecule has 1 N–H and O–H groups in total. The molecule has 2 aromatic rings. The fourth-order valence-electron chi connectivity index (χ4n) is 4.11. The van der Waals surface area contributed by atoms with Gasteiger partial charge in [-0.2, -0.15) is 0 Å². The Morgan fingerprint density at radius 3 is 2.63 bits per heavy atom. The Bertz CT molecular complexity index is 1040. The van der Waals surface area contributed by atoms with Gasteiger partial charge >= 0.3 is 5.69 Å². The molecule has 0 aromatic carbocycles. The van der Waals surface area contributed by atoms with Crippen molar-refractivity contribution in [3.05, 3.63) is 38.2 Å². The summed E-state index contributed by atoms with van der Waals surface area (Å²) < 4.78 is 14.1. The van der Waals surface area contributed by atoms with Crippen molar-refractivity contribution in [3.8, 4) is 0 Å². The average molecular weight is 418 g/mol. The fraction of sp³-hybridized carbons (Fsp3) is 0.667. The quantitative estimate of drug-likeness (QED) is 0.712. The van der Waals surface area contributed by atoms with Gasteiger partial charge in [-0.1, -0.05) is 0 Å². The predicted molar refractivity (Wildman–Crippen MR) is 112 cm³/mol. The summed E-state index contributed by atoms with van der Waals surface area (Å²) in [7, 11) is 0. The van der Waals surface area contributed by atoms with Crippen LogP contribution < -0.4 is 11.2 Å². The summed E-state index contributed by atoms with van der Waals surface area (Å²) in [5.41, 5.74) is 1.16. The summed E-state index contributed by atoms with van der Waals surface area (Å²) in [5, 5.41) is 9.63. The Kier molecular flexibility index (Phi) is 6.06. The molecule has 0 unspecified atom stereocenters. The molecule has 2 aliphatic rings. The van der Waals surface area contributed by atoms with E-state index < -0.39 is 0 Å². The largest absolute Gasteiger partial charge is 0.396 e. The molecule has 0 saturated carbocycles. The molecule has 0 aliphatic carbocycles. The number of aliphatic hydroxyl groups is 1. The van der Waals surface area contributed by atoms with Gasteiger partial charge in [-0.25, -0.2) is 9.78 Å². The average Bonchev–Trinajstić information content (AvgIpc) is 2.73. The van der Waals surface area contributed by atoms with E-state index in [0.29, 0.717) is 56.8 Å². The Morgan fingerprint density at radius 1 is 1.13 bits per heavy atom. The van der Waals surface area contributed by atoms with Crippen molar-refractivity contribution in [2.24, 2.45) is 0 Å². The number of pyridine rings is 1. The number of hydrogen-bond donors (Lipinski definition) is 1. The number of rotatable bonds is 6. The highest BCUT2D eigenvalue weighted by molar-refractivity contribution is 5.75. The standard InChI is InChI=1S/C21H30N4O5/c1-21(2)13-17-15(14-30-21)12-16-18(22-17)24(6-5-23-7-10-29-11-8-23)20(28)25(19(16)27)4-3-9-26/h12,26H,3-11,13-14H2,1-2H3. The van der Waals surface area contributed by atoms with Crippen molar-refractivity contribution in [3.63, 3.8) is 0 Å². The summed E-state index contributed by atoms with van der Waals surface area (Å²) in [6.45, 7) is 8.68. The number of aromatic nitrogens is 3. The third-order valence-electron chi connectivity index (χ3n) is 5.86. The number of fused-ring (bicyclic) bond motifs is 2. The molecule has 0 amide bonds. The van der Waals surface area contributed by atoms with Crippen molar-refractivity contribution in [2.75, 3.05) is 39.5 Å². The minimum absolute atomic E-state index is 0.0803. The second kappa shape index (κ2) is 8.58. The molecule has 1 fully saturated rings. The van der Waals surface area contributed by atoms with Gasteiger partial charge in [-0.15, -0.1) is 0 Å². The molecule has 0 radical (unpaired) electrons. The third-order valence-corrected chi connectivity index (χ3v) is 5.86. The van der Waals surface area contributed by atoms with Gasteiger partial charge in [0.05, 0.1) is 36.5 Å². The van der Waals surface area contributed by atoms with E-state index in [-0.39, 0.29) is 30.0 Å². The molecule has 30 heavy (non-hydrogen) atoms. The second-order valence-electron chi connectivity index (χ2n) is 8.61. The van der Waals surface area contributed by atoms with Gasteiger partial charge in [0.2, 0.25) is 0 Å². The van der Waals surface area contributed by atoms with Crippen LogP contribution in [0.3, 0.4) is 0 Å². The van der Waals surface area contributed by atoms with Crippen LogP contribution in [0.15, 0.2) is 15.7 Å². The lowest BCUT2D eigenvalue weighted by atomic mass is 9.95. The maximum atomic E-state index is 13.2. The number of ether oxygens (including phenoxy) is 2. The minimum Gasteiger partial charge on any atom is -0.396 e. The predicted octanol–water partition coefficient (Wildman–Crippen LogP) is 0.124. The maximum Gasteiger partial charge on any atom is 0.332 e. The van der Waals surface area contributed by atoms with Gasteiger partial charge in [-0.3, -0.25) is 18.8 Å². The molecule has 0 atom stereocenters. The Morgan fingerprint density at radius 2 is 1.90 bits per heavy atom. The second-order valence-corrected chi connectivity index (χ2v) is 8.61.